The zero-order valence-electron chi connectivity index (χ0n) is 6.65. The van der Waals surface area contributed by atoms with E-state index < -0.39 is 11.1 Å². The van der Waals surface area contributed by atoms with Crippen LogP contribution < -0.4 is 4.74 Å². The summed E-state index contributed by atoms with van der Waals surface area (Å²) in [7, 11) is 0. The van der Waals surface area contributed by atoms with Gasteiger partial charge in [0.15, 0.2) is 11.1 Å². The van der Waals surface area contributed by atoms with Gasteiger partial charge in [-0.15, -0.1) is 11.3 Å². The Morgan fingerprint density at radius 1 is 1.67 bits per heavy atom. The lowest BCUT2D eigenvalue weighted by atomic mass is 10.4. The fraction of sp³-hybridized carbons (Fsp3) is 0.429. The molecule has 0 spiro atoms. The third-order valence-electron chi connectivity index (χ3n) is 1.32. The second-order valence-corrected chi connectivity index (χ2v) is 4.09. The van der Waals surface area contributed by atoms with Gasteiger partial charge in [0.25, 0.3) is 0 Å². The summed E-state index contributed by atoms with van der Waals surface area (Å²) >= 11 is -0.194. The second kappa shape index (κ2) is 4.59. The highest BCUT2D eigenvalue weighted by atomic mass is 32.2. The molecule has 0 aromatic carbocycles. The summed E-state index contributed by atoms with van der Waals surface area (Å²) in [6.45, 7) is 2.24. The molecule has 5 heteroatoms. The lowest BCUT2D eigenvalue weighted by Gasteiger charge is -2.02. The highest BCUT2D eigenvalue weighted by molar-refractivity contribution is 7.79. The molecule has 0 fully saturated rings. The van der Waals surface area contributed by atoms with E-state index in [0.717, 1.165) is 11.3 Å². The van der Waals surface area contributed by atoms with Crippen LogP contribution in [0, 0.1) is 6.92 Å². The SMILES string of the molecule is Cc1cscc1OCCS(=O)O. The van der Waals surface area contributed by atoms with Crippen molar-refractivity contribution in [1.82, 2.24) is 0 Å². The van der Waals surface area contributed by atoms with Gasteiger partial charge in [0.1, 0.15) is 12.4 Å². The van der Waals surface area contributed by atoms with Crippen LogP contribution in [-0.4, -0.2) is 21.1 Å². The van der Waals surface area contributed by atoms with Crippen LogP contribution in [0.25, 0.3) is 0 Å². The van der Waals surface area contributed by atoms with E-state index in [1.165, 1.54) is 0 Å². The zero-order valence-corrected chi connectivity index (χ0v) is 8.28. The molecule has 1 atom stereocenters. The molecule has 0 aliphatic rings. The number of hydrogen-bond acceptors (Lipinski definition) is 3. The van der Waals surface area contributed by atoms with Gasteiger partial charge in [0.2, 0.25) is 0 Å². The Balaban J connectivity index is 2.33. The summed E-state index contributed by atoms with van der Waals surface area (Å²) < 4.78 is 23.9. The van der Waals surface area contributed by atoms with E-state index in [1.807, 2.05) is 17.7 Å². The number of rotatable bonds is 4. The summed E-state index contributed by atoms with van der Waals surface area (Å²) in [4.78, 5) is 0. The number of hydrogen-bond donors (Lipinski definition) is 1. The highest BCUT2D eigenvalue weighted by Gasteiger charge is 2.00. The third-order valence-corrected chi connectivity index (χ3v) is 2.68. The lowest BCUT2D eigenvalue weighted by molar-refractivity contribution is 0.339. The Bertz CT molecular complexity index is 269. The largest absolute Gasteiger partial charge is 0.491 e. The monoisotopic (exact) mass is 206 g/mol. The Kier molecular flexibility index (Phi) is 3.71. The molecule has 3 nitrogen and oxygen atoms in total. The summed E-state index contributed by atoms with van der Waals surface area (Å²) in [5, 5.41) is 3.86. The molecule has 1 heterocycles. The fourth-order valence-corrected chi connectivity index (χ4v) is 1.71. The molecule has 0 saturated heterocycles. The van der Waals surface area contributed by atoms with Crippen molar-refractivity contribution in [3.63, 3.8) is 0 Å². The quantitative estimate of drug-likeness (QED) is 0.762. The molecule has 12 heavy (non-hydrogen) atoms. The minimum Gasteiger partial charge on any atom is -0.491 e. The normalized spacial score (nSPS) is 12.8. The number of ether oxygens (including phenoxy) is 1. The van der Waals surface area contributed by atoms with Crippen LogP contribution in [0.4, 0.5) is 0 Å². The Morgan fingerprint density at radius 2 is 2.42 bits per heavy atom. The maximum absolute atomic E-state index is 10.2. The summed E-state index contributed by atoms with van der Waals surface area (Å²) in [5.74, 6) is 0.973. The first-order valence-electron chi connectivity index (χ1n) is 3.43. The van der Waals surface area contributed by atoms with Crippen LogP contribution in [0.5, 0.6) is 5.75 Å². The zero-order chi connectivity index (χ0) is 8.97. The third kappa shape index (κ3) is 2.92. The molecule has 0 amide bonds. The van der Waals surface area contributed by atoms with Crippen molar-refractivity contribution < 1.29 is 13.5 Å². The van der Waals surface area contributed by atoms with Crippen molar-refractivity contribution in [3.05, 3.63) is 16.3 Å². The van der Waals surface area contributed by atoms with Crippen molar-refractivity contribution in [2.75, 3.05) is 12.4 Å². The van der Waals surface area contributed by atoms with Gasteiger partial charge in [0.05, 0.1) is 5.75 Å². The van der Waals surface area contributed by atoms with Gasteiger partial charge < -0.3 is 9.29 Å². The van der Waals surface area contributed by atoms with E-state index in [4.69, 9.17) is 9.29 Å². The van der Waals surface area contributed by atoms with Crippen LogP contribution in [0.2, 0.25) is 0 Å². The van der Waals surface area contributed by atoms with Gasteiger partial charge in [-0.25, -0.2) is 4.21 Å². The maximum Gasteiger partial charge on any atom is 0.156 e. The van der Waals surface area contributed by atoms with Crippen LogP contribution in [0.15, 0.2) is 10.8 Å². The van der Waals surface area contributed by atoms with E-state index in [9.17, 15) is 4.21 Å². The molecular weight excluding hydrogens is 196 g/mol. The van der Waals surface area contributed by atoms with E-state index in [-0.39, 0.29) is 5.75 Å². The minimum absolute atomic E-state index is 0.162. The Hall–Kier alpha value is -0.390. The predicted molar refractivity (Wildman–Crippen MR) is 50.2 cm³/mol. The predicted octanol–water partition coefficient (Wildman–Crippen LogP) is 1.66. The van der Waals surface area contributed by atoms with Gasteiger partial charge in [0, 0.05) is 10.9 Å². The average molecular weight is 206 g/mol. The molecule has 0 radical (unpaired) electrons. The van der Waals surface area contributed by atoms with Gasteiger partial charge in [-0.05, 0) is 12.3 Å². The van der Waals surface area contributed by atoms with Gasteiger partial charge in [-0.3, -0.25) is 0 Å². The molecular formula is C7H10O3S2. The number of aryl methyl sites for hydroxylation is 1. The average Bonchev–Trinajstić information content (AvgIpc) is 2.36. The van der Waals surface area contributed by atoms with E-state index in [0.29, 0.717) is 6.61 Å². The van der Waals surface area contributed by atoms with E-state index in [2.05, 4.69) is 0 Å². The molecule has 1 aromatic rings. The molecule has 0 bridgehead atoms. The smallest absolute Gasteiger partial charge is 0.156 e. The highest BCUT2D eigenvalue weighted by Crippen LogP contribution is 2.21. The van der Waals surface area contributed by atoms with Crippen molar-refractivity contribution >= 4 is 22.4 Å². The molecule has 1 unspecified atom stereocenters. The molecule has 1 N–H and O–H groups in total. The molecule has 0 aliphatic heterocycles. The summed E-state index contributed by atoms with van der Waals surface area (Å²) in [6, 6.07) is 0. The minimum atomic E-state index is -1.76. The maximum atomic E-state index is 10.2. The fourth-order valence-electron chi connectivity index (χ4n) is 0.720. The first kappa shape index (κ1) is 9.70. The molecule has 1 rings (SSSR count). The molecule has 1 aromatic heterocycles. The van der Waals surface area contributed by atoms with E-state index >= 15 is 0 Å². The van der Waals surface area contributed by atoms with Crippen LogP contribution in [-0.2, 0) is 11.1 Å². The standard InChI is InChI=1S/C7H10O3S2/c1-6-4-11-5-7(6)10-2-3-12(8)9/h4-5H,2-3H2,1H3,(H,8,9). The molecule has 0 saturated carbocycles. The summed E-state index contributed by atoms with van der Waals surface area (Å²) in [5.41, 5.74) is 1.07. The lowest BCUT2D eigenvalue weighted by Crippen LogP contribution is -2.07. The molecule has 0 aliphatic carbocycles. The second-order valence-electron chi connectivity index (χ2n) is 2.29. The first-order valence-corrected chi connectivity index (χ1v) is 5.65. The Labute approximate surface area is 77.7 Å². The van der Waals surface area contributed by atoms with Crippen molar-refractivity contribution in [1.29, 1.82) is 0 Å². The first-order chi connectivity index (χ1) is 5.70. The van der Waals surface area contributed by atoms with Gasteiger partial charge >= 0.3 is 0 Å². The topological polar surface area (TPSA) is 46.5 Å². The van der Waals surface area contributed by atoms with Crippen molar-refractivity contribution in [2.45, 2.75) is 6.92 Å². The van der Waals surface area contributed by atoms with Crippen LogP contribution >= 0.6 is 11.3 Å². The van der Waals surface area contributed by atoms with Gasteiger partial charge in [-0.2, -0.15) is 0 Å². The van der Waals surface area contributed by atoms with E-state index in [1.54, 1.807) is 11.3 Å². The Morgan fingerprint density at radius 3 is 2.92 bits per heavy atom. The van der Waals surface area contributed by atoms with Crippen molar-refractivity contribution in [3.8, 4) is 5.75 Å². The number of thiophene rings is 1. The van der Waals surface area contributed by atoms with Crippen LogP contribution in [0.1, 0.15) is 5.56 Å². The molecule has 68 valence electrons. The van der Waals surface area contributed by atoms with Crippen LogP contribution in [0.3, 0.4) is 0 Å². The summed E-state index contributed by atoms with van der Waals surface area (Å²) in [6.07, 6.45) is 0. The van der Waals surface area contributed by atoms with Crippen molar-refractivity contribution in [2.24, 2.45) is 0 Å². The van der Waals surface area contributed by atoms with Gasteiger partial charge in [-0.1, -0.05) is 0 Å².